The summed E-state index contributed by atoms with van der Waals surface area (Å²) in [5.74, 6) is -5.65. The fourth-order valence-electron chi connectivity index (χ4n) is 3.61. The van der Waals surface area contributed by atoms with E-state index in [0.29, 0.717) is 31.7 Å². The predicted octanol–water partition coefficient (Wildman–Crippen LogP) is 0.951. The lowest BCUT2D eigenvalue weighted by molar-refractivity contribution is -0.159. The van der Waals surface area contributed by atoms with Gasteiger partial charge in [-0.3, -0.25) is 9.59 Å². The number of carbonyl (C=O) groups is 5. The van der Waals surface area contributed by atoms with Gasteiger partial charge in [-0.1, -0.05) is 0 Å². The summed E-state index contributed by atoms with van der Waals surface area (Å²) in [4.78, 5) is 55.7. The van der Waals surface area contributed by atoms with Crippen molar-refractivity contribution in [3.05, 3.63) is 23.3 Å². The van der Waals surface area contributed by atoms with Crippen molar-refractivity contribution >= 4 is 29.8 Å². The number of amides is 1. The number of phenols is 2. The van der Waals surface area contributed by atoms with Gasteiger partial charge in [0, 0.05) is 25.2 Å². The molecular weight excluding hydrogens is 544 g/mol. The summed E-state index contributed by atoms with van der Waals surface area (Å²) in [5, 5.41) is 40.3. The third-order valence-corrected chi connectivity index (χ3v) is 6.70. The van der Waals surface area contributed by atoms with Gasteiger partial charge in [-0.15, -0.1) is 0 Å². The zero-order valence-electron chi connectivity index (χ0n) is 23.5. The van der Waals surface area contributed by atoms with E-state index in [0.717, 1.165) is 18.9 Å². The second-order valence-corrected chi connectivity index (χ2v) is 11.0. The molecule has 1 aliphatic heterocycles. The number of carboxylic acid groups (broad SMARTS) is 2. The van der Waals surface area contributed by atoms with Gasteiger partial charge in [-0.05, 0) is 64.7 Å². The molecule has 0 spiro atoms. The van der Waals surface area contributed by atoms with Gasteiger partial charge in [0.25, 0.3) is 0 Å². The van der Waals surface area contributed by atoms with E-state index in [9.17, 15) is 24.6 Å². The molecule has 2 unspecified atom stereocenters. The number of aliphatic carboxylic acids is 2. The Labute approximate surface area is 237 Å². The van der Waals surface area contributed by atoms with Crippen molar-refractivity contribution in [3.63, 3.8) is 0 Å². The summed E-state index contributed by atoms with van der Waals surface area (Å²) in [6.45, 7) is 8.64. The van der Waals surface area contributed by atoms with E-state index in [-0.39, 0.29) is 42.3 Å². The molecule has 1 saturated heterocycles. The van der Waals surface area contributed by atoms with Crippen molar-refractivity contribution in [2.45, 2.75) is 58.6 Å². The average molecular weight is 583 g/mol. The highest BCUT2D eigenvalue weighted by Crippen LogP contribution is 2.46. The highest BCUT2D eigenvalue weighted by molar-refractivity contribution is 6.27. The summed E-state index contributed by atoms with van der Waals surface area (Å²) >= 11 is 0. The number of hydrogen-bond acceptors (Lipinski definition) is 11. The highest BCUT2D eigenvalue weighted by Gasteiger charge is 2.47. The smallest absolute Gasteiger partial charge is 0.414 e. The number of carboxylic acids is 2. The second-order valence-electron chi connectivity index (χ2n) is 11.0. The molecule has 228 valence electrons. The molecule has 41 heavy (non-hydrogen) atoms. The SMILES string of the molecule is Cc1cc(O)c(O)cc1C(=O)OCC(CNC(C)(C)CNC(=O)C1CCOC1)OC(=O)C1(C)CC1.O=C(O)C(=O)O. The Morgan fingerprint density at radius 2 is 1.71 bits per heavy atom. The molecule has 3 rings (SSSR count). The Bertz CT molecular complexity index is 1130. The van der Waals surface area contributed by atoms with Crippen molar-refractivity contribution in [1.82, 2.24) is 10.6 Å². The summed E-state index contributed by atoms with van der Waals surface area (Å²) in [7, 11) is 0. The third-order valence-electron chi connectivity index (χ3n) is 6.70. The lowest BCUT2D eigenvalue weighted by Gasteiger charge is -2.30. The van der Waals surface area contributed by atoms with Crippen LogP contribution in [0.3, 0.4) is 0 Å². The van der Waals surface area contributed by atoms with Crippen LogP contribution in [-0.4, -0.2) is 94.8 Å². The largest absolute Gasteiger partial charge is 0.504 e. The van der Waals surface area contributed by atoms with Gasteiger partial charge in [-0.2, -0.15) is 0 Å². The van der Waals surface area contributed by atoms with Crippen molar-refractivity contribution in [2.75, 3.05) is 32.9 Å². The van der Waals surface area contributed by atoms with E-state index in [1.54, 1.807) is 6.92 Å². The molecule has 2 fully saturated rings. The van der Waals surface area contributed by atoms with Crippen molar-refractivity contribution in [3.8, 4) is 11.5 Å². The van der Waals surface area contributed by atoms with Gasteiger partial charge in [0.1, 0.15) is 12.7 Å². The number of carbonyl (C=O) groups excluding carboxylic acids is 3. The van der Waals surface area contributed by atoms with E-state index in [1.165, 1.54) is 6.07 Å². The maximum absolute atomic E-state index is 12.6. The minimum Gasteiger partial charge on any atom is -0.504 e. The Balaban J connectivity index is 0.000000883. The van der Waals surface area contributed by atoms with Gasteiger partial charge in [0.2, 0.25) is 5.91 Å². The third kappa shape index (κ3) is 10.5. The number of phenolic OH excluding ortho intramolecular Hbond substituents is 2. The zero-order valence-corrected chi connectivity index (χ0v) is 23.5. The molecule has 14 heteroatoms. The molecule has 1 saturated carbocycles. The normalized spacial score (nSPS) is 17.8. The molecular formula is C27H38N2O12. The summed E-state index contributed by atoms with van der Waals surface area (Å²) < 4.78 is 16.3. The topological polar surface area (TPSA) is 218 Å². The predicted molar refractivity (Wildman–Crippen MR) is 141 cm³/mol. The Morgan fingerprint density at radius 1 is 1.10 bits per heavy atom. The fourth-order valence-corrected chi connectivity index (χ4v) is 3.61. The first-order chi connectivity index (χ1) is 19.0. The van der Waals surface area contributed by atoms with Crippen LogP contribution >= 0.6 is 0 Å². The van der Waals surface area contributed by atoms with Gasteiger partial charge >= 0.3 is 23.9 Å². The van der Waals surface area contributed by atoms with E-state index in [1.807, 2.05) is 20.8 Å². The van der Waals surface area contributed by atoms with Gasteiger partial charge in [0.15, 0.2) is 11.5 Å². The first kappa shape index (κ1) is 33.3. The quantitative estimate of drug-likeness (QED) is 0.122. The number of nitrogens with one attached hydrogen (secondary N) is 2. The first-order valence-electron chi connectivity index (χ1n) is 13.0. The van der Waals surface area contributed by atoms with Crippen LogP contribution in [-0.2, 0) is 33.4 Å². The van der Waals surface area contributed by atoms with E-state index in [2.05, 4.69) is 10.6 Å². The molecule has 1 aliphatic carbocycles. The molecule has 0 bridgehead atoms. The fraction of sp³-hybridized carbons (Fsp3) is 0.593. The number of rotatable bonds is 11. The maximum atomic E-state index is 12.6. The molecule has 1 heterocycles. The molecule has 1 aromatic rings. The zero-order chi connectivity index (χ0) is 31.0. The number of esters is 2. The molecule has 0 aromatic heterocycles. The maximum Gasteiger partial charge on any atom is 0.414 e. The molecule has 0 radical (unpaired) electrons. The van der Waals surface area contributed by atoms with E-state index < -0.39 is 40.7 Å². The summed E-state index contributed by atoms with van der Waals surface area (Å²) in [6, 6.07) is 2.41. The summed E-state index contributed by atoms with van der Waals surface area (Å²) in [5.41, 5.74) is -0.487. The van der Waals surface area contributed by atoms with Crippen LogP contribution in [0.5, 0.6) is 11.5 Å². The van der Waals surface area contributed by atoms with E-state index in [4.69, 9.17) is 34.0 Å². The van der Waals surface area contributed by atoms with Gasteiger partial charge in [-0.25, -0.2) is 14.4 Å². The van der Waals surface area contributed by atoms with Crippen LogP contribution in [0.2, 0.25) is 0 Å². The number of benzene rings is 1. The number of ether oxygens (including phenoxy) is 3. The standard InChI is InChI=1S/C25H36N2O8.C2H2O4/c1-15-9-19(28)20(29)10-18(15)22(31)34-13-17(35-23(32)25(4)6-7-25)11-27-24(2,3)14-26-21(30)16-5-8-33-12-16;3-1(4)2(5)6/h9-10,16-17,27-29H,5-8,11-14H2,1-4H3,(H,26,30);(H,3,4)(H,5,6). The Hall–Kier alpha value is -3.91. The van der Waals surface area contributed by atoms with Crippen molar-refractivity contribution in [1.29, 1.82) is 0 Å². The first-order valence-corrected chi connectivity index (χ1v) is 13.0. The lowest BCUT2D eigenvalue weighted by Crippen LogP contribution is -2.53. The molecule has 2 aliphatic rings. The molecule has 1 aromatic carbocycles. The highest BCUT2D eigenvalue weighted by atomic mass is 16.6. The van der Waals surface area contributed by atoms with Crippen molar-refractivity contribution < 1.29 is 58.6 Å². The molecule has 2 atom stereocenters. The monoisotopic (exact) mass is 582 g/mol. The van der Waals surface area contributed by atoms with Crippen LogP contribution in [0.1, 0.15) is 56.0 Å². The summed E-state index contributed by atoms with van der Waals surface area (Å²) in [6.07, 6.45) is 1.45. The van der Waals surface area contributed by atoms with Gasteiger partial charge < -0.3 is 45.3 Å². The molecule has 6 N–H and O–H groups in total. The molecule has 1 amide bonds. The number of aryl methyl sites for hydroxylation is 1. The lowest BCUT2D eigenvalue weighted by atomic mass is 10.0. The van der Waals surface area contributed by atoms with Crippen LogP contribution in [0, 0.1) is 18.3 Å². The van der Waals surface area contributed by atoms with E-state index >= 15 is 0 Å². The van der Waals surface area contributed by atoms with Crippen LogP contribution < -0.4 is 10.6 Å². The Kier molecular flexibility index (Phi) is 11.5. The minimum absolute atomic E-state index is 0.0524. The Morgan fingerprint density at radius 3 is 2.24 bits per heavy atom. The average Bonchev–Trinajstić information content (AvgIpc) is 3.42. The molecule has 14 nitrogen and oxygen atoms in total. The second kappa shape index (κ2) is 14.1. The van der Waals surface area contributed by atoms with Crippen LogP contribution in [0.4, 0.5) is 0 Å². The van der Waals surface area contributed by atoms with Crippen LogP contribution in [0.25, 0.3) is 0 Å². The minimum atomic E-state index is -1.82. The van der Waals surface area contributed by atoms with Crippen LogP contribution in [0.15, 0.2) is 12.1 Å². The van der Waals surface area contributed by atoms with Gasteiger partial charge in [0.05, 0.1) is 23.5 Å². The van der Waals surface area contributed by atoms with Crippen molar-refractivity contribution in [2.24, 2.45) is 11.3 Å². The number of aromatic hydroxyl groups is 2. The number of hydrogen-bond donors (Lipinski definition) is 6.